The molecule has 1 N–H and O–H groups in total. The molecule has 0 aliphatic carbocycles. The van der Waals surface area contributed by atoms with E-state index in [1.807, 2.05) is 11.6 Å². The second kappa shape index (κ2) is 3.66. The van der Waals surface area contributed by atoms with Crippen LogP contribution in [0.25, 0.3) is 0 Å². The van der Waals surface area contributed by atoms with Gasteiger partial charge in [-0.05, 0) is 23.6 Å². The zero-order valence-corrected chi connectivity index (χ0v) is 9.18. The molecule has 0 fully saturated rings. The van der Waals surface area contributed by atoms with E-state index in [-0.39, 0.29) is 0 Å². The van der Waals surface area contributed by atoms with Gasteiger partial charge in [-0.2, -0.15) is 0 Å². The molecule has 0 radical (unpaired) electrons. The highest BCUT2D eigenvalue weighted by molar-refractivity contribution is 7.09. The Balaban J connectivity index is 1.87. The molecule has 3 rings (SSSR count). The van der Waals surface area contributed by atoms with Gasteiger partial charge >= 0.3 is 0 Å². The summed E-state index contributed by atoms with van der Waals surface area (Å²) in [6.07, 6.45) is 3.98. The third kappa shape index (κ3) is 1.75. The molecule has 0 saturated carbocycles. The van der Waals surface area contributed by atoms with Crippen molar-refractivity contribution in [2.45, 2.75) is 12.8 Å². The second-order valence-corrected chi connectivity index (χ2v) is 4.75. The van der Waals surface area contributed by atoms with Crippen LogP contribution < -0.4 is 5.32 Å². The summed E-state index contributed by atoms with van der Waals surface area (Å²) >= 11 is 1.72. The van der Waals surface area contributed by atoms with Crippen molar-refractivity contribution < 1.29 is 0 Å². The van der Waals surface area contributed by atoms with Crippen molar-refractivity contribution in [2.75, 3.05) is 11.9 Å². The summed E-state index contributed by atoms with van der Waals surface area (Å²) in [5.41, 5.74) is 4.10. The molecule has 1 aromatic heterocycles. The van der Waals surface area contributed by atoms with E-state index in [0.717, 1.165) is 19.4 Å². The Kier molecular flexibility index (Phi) is 2.18. The summed E-state index contributed by atoms with van der Waals surface area (Å²) in [5.74, 6) is 0. The highest BCUT2D eigenvalue weighted by Crippen LogP contribution is 2.24. The maximum atomic E-state index is 4.30. The third-order valence-electron chi connectivity index (χ3n) is 2.72. The number of aromatic nitrogens is 1. The first-order valence-electron chi connectivity index (χ1n) is 5.16. The van der Waals surface area contributed by atoms with Crippen LogP contribution in [0.15, 0.2) is 29.8 Å². The quantitative estimate of drug-likeness (QED) is 0.835. The predicted molar refractivity (Wildman–Crippen MR) is 63.6 cm³/mol. The molecule has 0 saturated heterocycles. The Bertz CT molecular complexity index is 462. The van der Waals surface area contributed by atoms with Gasteiger partial charge in [0.25, 0.3) is 0 Å². The van der Waals surface area contributed by atoms with Crippen molar-refractivity contribution in [3.05, 3.63) is 45.9 Å². The molecular formula is C12H12N2S. The summed E-state index contributed by atoms with van der Waals surface area (Å²) in [6, 6.07) is 6.70. The molecule has 0 amide bonds. The zero-order chi connectivity index (χ0) is 10.1. The Morgan fingerprint density at radius 3 is 3.27 bits per heavy atom. The molecule has 1 aliphatic heterocycles. The molecular weight excluding hydrogens is 204 g/mol. The highest BCUT2D eigenvalue weighted by atomic mass is 32.1. The minimum atomic E-state index is 0.951. The van der Waals surface area contributed by atoms with Gasteiger partial charge in [0.1, 0.15) is 0 Å². The number of nitrogens with zero attached hydrogens (tertiary/aromatic N) is 1. The molecule has 0 bridgehead atoms. The first-order valence-corrected chi connectivity index (χ1v) is 6.04. The molecule has 3 heteroatoms. The van der Waals surface area contributed by atoms with Crippen LogP contribution in [0, 0.1) is 0 Å². The summed E-state index contributed by atoms with van der Waals surface area (Å²) in [7, 11) is 0. The fraction of sp³-hybridized carbons (Fsp3) is 0.250. The molecule has 0 atom stereocenters. The van der Waals surface area contributed by atoms with Crippen LogP contribution in [-0.2, 0) is 12.8 Å². The molecule has 15 heavy (non-hydrogen) atoms. The number of rotatable bonds is 2. The minimum absolute atomic E-state index is 0.951. The van der Waals surface area contributed by atoms with E-state index in [1.54, 1.807) is 11.3 Å². The largest absolute Gasteiger partial charge is 0.384 e. The van der Waals surface area contributed by atoms with Gasteiger partial charge in [0.2, 0.25) is 0 Å². The lowest BCUT2D eigenvalue weighted by Gasteiger charge is -2.03. The van der Waals surface area contributed by atoms with Crippen molar-refractivity contribution in [1.29, 1.82) is 0 Å². The number of anilines is 1. The lowest BCUT2D eigenvalue weighted by molar-refractivity contribution is 1.10. The van der Waals surface area contributed by atoms with E-state index in [9.17, 15) is 0 Å². The second-order valence-electron chi connectivity index (χ2n) is 3.77. The molecule has 2 aromatic rings. The number of fused-ring (bicyclic) bond motifs is 1. The van der Waals surface area contributed by atoms with Crippen LogP contribution in [0.1, 0.15) is 16.1 Å². The van der Waals surface area contributed by atoms with Gasteiger partial charge in [-0.1, -0.05) is 12.1 Å². The van der Waals surface area contributed by atoms with E-state index < -0.39 is 0 Å². The summed E-state index contributed by atoms with van der Waals surface area (Å²) < 4.78 is 0. The summed E-state index contributed by atoms with van der Waals surface area (Å²) in [6.45, 7) is 1.08. The van der Waals surface area contributed by atoms with Gasteiger partial charge in [-0.15, -0.1) is 11.3 Å². The highest BCUT2D eigenvalue weighted by Gasteiger charge is 2.10. The van der Waals surface area contributed by atoms with E-state index in [2.05, 4.69) is 28.5 Å². The zero-order valence-electron chi connectivity index (χ0n) is 8.36. The third-order valence-corrected chi connectivity index (χ3v) is 3.50. The number of benzene rings is 1. The SMILES string of the molecule is c1csc(Cc2ccc3c(c2)NCC3)n1. The van der Waals surface area contributed by atoms with Gasteiger partial charge in [-0.3, -0.25) is 0 Å². The summed E-state index contributed by atoms with van der Waals surface area (Å²) in [4.78, 5) is 4.30. The van der Waals surface area contributed by atoms with Gasteiger partial charge in [0.15, 0.2) is 0 Å². The van der Waals surface area contributed by atoms with Crippen molar-refractivity contribution in [3.8, 4) is 0 Å². The average molecular weight is 216 g/mol. The Morgan fingerprint density at radius 2 is 2.40 bits per heavy atom. The standard InChI is InChI=1S/C12H12N2S/c1-2-10-3-4-13-11(10)7-9(1)8-12-14-5-6-15-12/h1-2,5-7,13H,3-4,8H2. The Hall–Kier alpha value is -1.35. The monoisotopic (exact) mass is 216 g/mol. The van der Waals surface area contributed by atoms with Crippen molar-refractivity contribution >= 4 is 17.0 Å². The Morgan fingerprint density at radius 1 is 1.40 bits per heavy atom. The first-order chi connectivity index (χ1) is 7.42. The van der Waals surface area contributed by atoms with E-state index in [0.29, 0.717) is 0 Å². The van der Waals surface area contributed by atoms with Gasteiger partial charge in [-0.25, -0.2) is 4.98 Å². The number of hydrogen-bond acceptors (Lipinski definition) is 3. The van der Waals surface area contributed by atoms with Crippen LogP contribution >= 0.6 is 11.3 Å². The van der Waals surface area contributed by atoms with Crippen LogP contribution in [0.2, 0.25) is 0 Å². The molecule has 2 nitrogen and oxygen atoms in total. The molecule has 1 aromatic carbocycles. The molecule has 2 heterocycles. The lowest BCUT2D eigenvalue weighted by Crippen LogP contribution is -1.92. The number of nitrogens with one attached hydrogen (secondary N) is 1. The number of thiazole rings is 1. The fourth-order valence-electron chi connectivity index (χ4n) is 1.96. The maximum Gasteiger partial charge on any atom is 0.0968 e. The van der Waals surface area contributed by atoms with Crippen LogP contribution in [0.5, 0.6) is 0 Å². The van der Waals surface area contributed by atoms with E-state index >= 15 is 0 Å². The number of hydrogen-bond donors (Lipinski definition) is 1. The summed E-state index contributed by atoms with van der Waals surface area (Å²) in [5, 5.41) is 6.62. The smallest absolute Gasteiger partial charge is 0.0968 e. The van der Waals surface area contributed by atoms with Crippen LogP contribution in [0.4, 0.5) is 5.69 Å². The van der Waals surface area contributed by atoms with Crippen LogP contribution in [0.3, 0.4) is 0 Å². The topological polar surface area (TPSA) is 24.9 Å². The fourth-order valence-corrected chi connectivity index (χ4v) is 2.61. The molecule has 76 valence electrons. The Labute approximate surface area is 93.0 Å². The van der Waals surface area contributed by atoms with Gasteiger partial charge in [0, 0.05) is 30.2 Å². The van der Waals surface area contributed by atoms with E-state index in [4.69, 9.17) is 0 Å². The first kappa shape index (κ1) is 8.92. The molecule has 0 unspecified atom stereocenters. The maximum absolute atomic E-state index is 4.30. The van der Waals surface area contributed by atoms with Crippen molar-refractivity contribution in [2.24, 2.45) is 0 Å². The minimum Gasteiger partial charge on any atom is -0.384 e. The molecule has 0 spiro atoms. The molecule has 1 aliphatic rings. The van der Waals surface area contributed by atoms with Crippen LogP contribution in [-0.4, -0.2) is 11.5 Å². The predicted octanol–water partition coefficient (Wildman–Crippen LogP) is 2.70. The van der Waals surface area contributed by atoms with E-state index in [1.165, 1.54) is 21.8 Å². The van der Waals surface area contributed by atoms with Crippen molar-refractivity contribution in [3.63, 3.8) is 0 Å². The average Bonchev–Trinajstić information content (AvgIpc) is 2.87. The van der Waals surface area contributed by atoms with Gasteiger partial charge < -0.3 is 5.32 Å². The van der Waals surface area contributed by atoms with Gasteiger partial charge in [0.05, 0.1) is 5.01 Å². The van der Waals surface area contributed by atoms with Crippen molar-refractivity contribution in [1.82, 2.24) is 4.98 Å². The normalized spacial score (nSPS) is 13.6. The lowest BCUT2D eigenvalue weighted by atomic mass is 10.1.